The van der Waals surface area contributed by atoms with Crippen LogP contribution in [-0.4, -0.2) is 14.9 Å². The van der Waals surface area contributed by atoms with Crippen molar-refractivity contribution in [3.63, 3.8) is 0 Å². The zero-order chi connectivity index (χ0) is 20.7. The number of carbonyl (C=O) groups is 1. The third-order valence-electron chi connectivity index (χ3n) is 8.29. The minimum atomic E-state index is -1.78. The molecule has 28 heavy (non-hydrogen) atoms. The lowest BCUT2D eigenvalue weighted by atomic mass is 9.89. The van der Waals surface area contributed by atoms with E-state index in [2.05, 4.69) is 60.4 Å². The van der Waals surface area contributed by atoms with E-state index in [9.17, 15) is 4.79 Å². The normalized spacial score (nSPS) is 28.0. The van der Waals surface area contributed by atoms with Crippen molar-refractivity contribution >= 4 is 14.9 Å². The zero-order valence-electron chi connectivity index (χ0n) is 19.3. The molecule has 0 bridgehead atoms. The molecule has 154 valence electrons. The lowest BCUT2D eigenvalue weighted by molar-refractivity contribution is -0.124. The van der Waals surface area contributed by atoms with E-state index in [-0.39, 0.29) is 5.92 Å². The van der Waals surface area contributed by atoms with Gasteiger partial charge in [0, 0.05) is 5.92 Å². The van der Waals surface area contributed by atoms with Crippen LogP contribution in [-0.2, 0) is 4.79 Å². The van der Waals surface area contributed by atoms with Gasteiger partial charge < -0.3 is 4.98 Å². The van der Waals surface area contributed by atoms with Crippen LogP contribution in [0.3, 0.4) is 0 Å². The average Bonchev–Trinajstić information content (AvgIpc) is 3.00. The molecule has 3 aliphatic carbocycles. The fraction of sp³-hybridized carbons (Fsp3) is 0.640. The van der Waals surface area contributed by atoms with Crippen LogP contribution in [0.2, 0.25) is 0 Å². The van der Waals surface area contributed by atoms with Crippen LogP contribution in [0.4, 0.5) is 0 Å². The molecule has 1 saturated carbocycles. The van der Waals surface area contributed by atoms with Crippen molar-refractivity contribution in [2.75, 3.05) is 0 Å². The van der Waals surface area contributed by atoms with Gasteiger partial charge in [-0.2, -0.15) is 0 Å². The van der Waals surface area contributed by atoms with Gasteiger partial charge in [-0.15, -0.1) is 0 Å². The second kappa shape index (κ2) is 8.18. The summed E-state index contributed by atoms with van der Waals surface area (Å²) in [5, 5.41) is 3.12. The molecule has 0 radical (unpaired) electrons. The van der Waals surface area contributed by atoms with Gasteiger partial charge in [0.25, 0.3) is 0 Å². The molecule has 0 heterocycles. The van der Waals surface area contributed by atoms with E-state index in [1.165, 1.54) is 52.7 Å². The highest BCUT2D eigenvalue weighted by Crippen LogP contribution is 2.44. The molecule has 0 aromatic heterocycles. The fourth-order valence-electron chi connectivity index (χ4n) is 5.67. The van der Waals surface area contributed by atoms with E-state index in [1.54, 1.807) is 10.4 Å². The molecular weight excluding hydrogens is 358 g/mol. The Labute approximate surface area is 173 Å². The van der Waals surface area contributed by atoms with Crippen LogP contribution in [0.25, 0.3) is 0 Å². The Morgan fingerprint density at radius 1 is 0.750 bits per heavy atom. The lowest BCUT2D eigenvalue weighted by Crippen LogP contribution is -2.48. The summed E-state index contributed by atoms with van der Waals surface area (Å²) < 4.78 is 0. The quantitative estimate of drug-likeness (QED) is 0.571. The molecule has 3 rings (SSSR count). The van der Waals surface area contributed by atoms with E-state index >= 15 is 0 Å². The van der Waals surface area contributed by atoms with Crippen LogP contribution < -0.4 is 4.98 Å². The molecule has 2 unspecified atom stereocenters. The van der Waals surface area contributed by atoms with Gasteiger partial charge in [0.1, 0.15) is 0 Å². The lowest BCUT2D eigenvalue weighted by Gasteiger charge is -2.31. The van der Waals surface area contributed by atoms with E-state index in [0.717, 1.165) is 12.8 Å². The maximum Gasteiger partial charge on any atom is 0.215 e. The van der Waals surface area contributed by atoms with Crippen LogP contribution in [0.15, 0.2) is 43.8 Å². The summed E-state index contributed by atoms with van der Waals surface area (Å²) in [4.78, 5) is 17.0. The fourth-order valence-corrected chi connectivity index (χ4v) is 9.64. The van der Waals surface area contributed by atoms with Gasteiger partial charge in [0.2, 0.25) is 5.91 Å². The molecule has 2 atom stereocenters. The summed E-state index contributed by atoms with van der Waals surface area (Å²) in [6.45, 7) is 18.3. The first kappa shape index (κ1) is 21.4. The first-order chi connectivity index (χ1) is 13.2. The van der Waals surface area contributed by atoms with Gasteiger partial charge in [-0.1, -0.05) is 55.4 Å². The molecule has 0 aromatic rings. The number of carbonyl (C=O) groups excluding carboxylic acids is 1. The van der Waals surface area contributed by atoms with Crippen molar-refractivity contribution in [3.8, 4) is 0 Å². The van der Waals surface area contributed by atoms with Gasteiger partial charge in [0.05, 0.1) is 0 Å². The molecule has 3 aliphatic rings. The van der Waals surface area contributed by atoms with Crippen molar-refractivity contribution in [2.24, 2.45) is 17.8 Å². The minimum Gasteiger partial charge on any atom is -0.377 e. The van der Waals surface area contributed by atoms with Crippen molar-refractivity contribution in [2.45, 2.75) is 87.5 Å². The van der Waals surface area contributed by atoms with Crippen LogP contribution in [0, 0.1) is 17.8 Å². The molecule has 0 aliphatic heterocycles. The highest BCUT2D eigenvalue weighted by Gasteiger charge is 2.39. The maximum absolute atomic E-state index is 13.3. The van der Waals surface area contributed by atoms with E-state index in [1.807, 2.05) is 0 Å². The molecule has 3 heteroatoms. The standard InChI is InChI=1S/C25H39NOSi/c1-14-15(2)19(6)23(18(14)5)28(24-20(7)16(3)17(4)21(24)8)26-25(27)22-12-10-9-11-13-22/h18,20,22,28H,9-13H2,1-8H3,(H,26,27). The molecule has 0 aromatic carbocycles. The Hall–Kier alpha value is -1.35. The van der Waals surface area contributed by atoms with Crippen molar-refractivity contribution in [3.05, 3.63) is 43.8 Å². The molecule has 1 N–H and O–H groups in total. The predicted octanol–water partition coefficient (Wildman–Crippen LogP) is 6.09. The van der Waals surface area contributed by atoms with Gasteiger partial charge in [-0.3, -0.25) is 4.79 Å². The van der Waals surface area contributed by atoms with Crippen LogP contribution >= 0.6 is 0 Å². The Bertz CT molecular complexity index is 752. The number of nitrogens with one attached hydrogen (secondary N) is 1. The third kappa shape index (κ3) is 3.51. The maximum atomic E-state index is 13.3. The second-order valence-corrected chi connectivity index (χ2v) is 11.9. The average molecular weight is 398 g/mol. The van der Waals surface area contributed by atoms with Crippen molar-refractivity contribution in [1.29, 1.82) is 0 Å². The highest BCUT2D eigenvalue weighted by molar-refractivity contribution is 6.74. The minimum absolute atomic E-state index is 0.226. The van der Waals surface area contributed by atoms with Gasteiger partial charge in [-0.05, 0) is 87.8 Å². The Morgan fingerprint density at radius 3 is 1.54 bits per heavy atom. The molecule has 1 amide bonds. The Balaban J connectivity index is 2.00. The predicted molar refractivity (Wildman–Crippen MR) is 122 cm³/mol. The summed E-state index contributed by atoms with van der Waals surface area (Å²) in [6.07, 6.45) is 5.85. The summed E-state index contributed by atoms with van der Waals surface area (Å²) in [6, 6.07) is 0. The van der Waals surface area contributed by atoms with Gasteiger partial charge in [0.15, 0.2) is 8.96 Å². The Kier molecular flexibility index (Phi) is 6.24. The third-order valence-corrected chi connectivity index (χ3v) is 12.0. The van der Waals surface area contributed by atoms with Crippen LogP contribution in [0.1, 0.15) is 87.5 Å². The number of rotatable bonds is 4. The number of hydrogen-bond acceptors (Lipinski definition) is 1. The largest absolute Gasteiger partial charge is 0.377 e. The SMILES string of the molecule is CC1=C(C)C(C)C([SiH](NC(=O)C2CCCCC2)C2=C(C)C(C)=C(C)C2C)=C1C. The Morgan fingerprint density at radius 2 is 1.18 bits per heavy atom. The number of hydrogen-bond donors (Lipinski definition) is 1. The summed E-state index contributed by atoms with van der Waals surface area (Å²) >= 11 is 0. The van der Waals surface area contributed by atoms with Crippen molar-refractivity contribution in [1.82, 2.24) is 4.98 Å². The van der Waals surface area contributed by atoms with E-state index < -0.39 is 8.96 Å². The first-order valence-electron chi connectivity index (χ1n) is 11.2. The topological polar surface area (TPSA) is 29.1 Å². The molecule has 1 fully saturated rings. The van der Waals surface area contributed by atoms with Crippen LogP contribution in [0.5, 0.6) is 0 Å². The highest BCUT2D eigenvalue weighted by atomic mass is 28.3. The summed E-state index contributed by atoms with van der Waals surface area (Å²) in [5.74, 6) is 1.47. The van der Waals surface area contributed by atoms with Gasteiger partial charge in [-0.25, -0.2) is 0 Å². The molecular formula is C25H39NOSi. The second-order valence-electron chi connectivity index (χ2n) is 9.50. The van der Waals surface area contributed by atoms with Crippen molar-refractivity contribution < 1.29 is 4.79 Å². The number of allylic oxidation sites excluding steroid dienone is 8. The van der Waals surface area contributed by atoms with Gasteiger partial charge >= 0.3 is 0 Å². The van der Waals surface area contributed by atoms with E-state index in [0.29, 0.717) is 17.7 Å². The molecule has 2 nitrogen and oxygen atoms in total. The zero-order valence-corrected chi connectivity index (χ0v) is 20.4. The monoisotopic (exact) mass is 397 g/mol. The molecule has 0 spiro atoms. The van der Waals surface area contributed by atoms with E-state index in [4.69, 9.17) is 0 Å². The summed E-state index contributed by atoms with van der Waals surface area (Å²) in [7, 11) is -1.78. The summed E-state index contributed by atoms with van der Waals surface area (Å²) in [5.41, 5.74) is 8.75. The molecule has 0 saturated heterocycles. The first-order valence-corrected chi connectivity index (χ1v) is 13.0. The number of amides is 1. The smallest absolute Gasteiger partial charge is 0.215 e.